The molecule has 0 radical (unpaired) electrons. The smallest absolute Gasteiger partial charge is 0.190 e. The van der Waals surface area contributed by atoms with Crippen LogP contribution in [-0.4, -0.2) is 39.3 Å². The summed E-state index contributed by atoms with van der Waals surface area (Å²) < 4.78 is 5.63. The Morgan fingerprint density at radius 3 is 2.91 bits per heavy atom. The van der Waals surface area contributed by atoms with E-state index >= 15 is 0 Å². The standard InChI is InChI=1S/C17H29N3OS.HI/c1-14(11-16-5-3-10-22-16)12-20-17(18-2)19-8-4-9-21-13-15-6-7-15;/h3,5,10,14-15H,4,6-9,11-13H2,1-2H3,(H2,18,19,20);1H. The van der Waals surface area contributed by atoms with Gasteiger partial charge in [0, 0.05) is 38.2 Å². The summed E-state index contributed by atoms with van der Waals surface area (Å²) in [7, 11) is 1.82. The minimum atomic E-state index is 0. The predicted octanol–water partition coefficient (Wildman–Crippen LogP) is 3.53. The van der Waals surface area contributed by atoms with Crippen LogP contribution in [0, 0.1) is 11.8 Å². The van der Waals surface area contributed by atoms with E-state index in [1.54, 1.807) is 0 Å². The van der Waals surface area contributed by atoms with Crippen molar-refractivity contribution in [3.8, 4) is 0 Å². The second-order valence-corrected chi connectivity index (χ2v) is 7.17. The van der Waals surface area contributed by atoms with Gasteiger partial charge in [0.25, 0.3) is 0 Å². The maximum absolute atomic E-state index is 5.63. The second-order valence-electron chi connectivity index (χ2n) is 6.14. The minimum absolute atomic E-state index is 0. The lowest BCUT2D eigenvalue weighted by Crippen LogP contribution is -2.40. The number of rotatable bonds is 10. The van der Waals surface area contributed by atoms with Gasteiger partial charge in [-0.1, -0.05) is 13.0 Å². The third-order valence-electron chi connectivity index (χ3n) is 3.78. The molecule has 1 heterocycles. The van der Waals surface area contributed by atoms with E-state index in [1.807, 2.05) is 18.4 Å². The van der Waals surface area contributed by atoms with Crippen molar-refractivity contribution in [1.29, 1.82) is 0 Å². The van der Waals surface area contributed by atoms with Crippen LogP contribution in [0.15, 0.2) is 22.5 Å². The van der Waals surface area contributed by atoms with E-state index in [1.165, 1.54) is 17.7 Å². The first-order valence-corrected chi connectivity index (χ1v) is 9.20. The summed E-state index contributed by atoms with van der Waals surface area (Å²) >= 11 is 1.83. The van der Waals surface area contributed by atoms with Crippen molar-refractivity contribution in [3.63, 3.8) is 0 Å². The first kappa shape index (κ1) is 20.7. The van der Waals surface area contributed by atoms with Gasteiger partial charge in [0.1, 0.15) is 0 Å². The van der Waals surface area contributed by atoms with E-state index < -0.39 is 0 Å². The summed E-state index contributed by atoms with van der Waals surface area (Å²) in [6.07, 6.45) is 4.87. The van der Waals surface area contributed by atoms with Gasteiger partial charge < -0.3 is 15.4 Å². The molecule has 1 aliphatic carbocycles. The molecule has 4 nitrogen and oxygen atoms in total. The molecule has 1 aromatic heterocycles. The number of halogens is 1. The first-order chi connectivity index (χ1) is 10.8. The number of hydrogen-bond acceptors (Lipinski definition) is 3. The van der Waals surface area contributed by atoms with Crippen LogP contribution in [0.2, 0.25) is 0 Å². The highest BCUT2D eigenvalue weighted by Crippen LogP contribution is 2.28. The van der Waals surface area contributed by atoms with Gasteiger partial charge in [0.05, 0.1) is 0 Å². The Bertz CT molecular complexity index is 435. The number of guanidine groups is 1. The Kier molecular flexibility index (Phi) is 10.9. The topological polar surface area (TPSA) is 45.7 Å². The van der Waals surface area contributed by atoms with Gasteiger partial charge >= 0.3 is 0 Å². The molecule has 6 heteroatoms. The lowest BCUT2D eigenvalue weighted by molar-refractivity contribution is 0.123. The summed E-state index contributed by atoms with van der Waals surface area (Å²) in [6, 6.07) is 4.32. The van der Waals surface area contributed by atoms with E-state index in [9.17, 15) is 0 Å². The molecule has 0 bridgehead atoms. The minimum Gasteiger partial charge on any atom is -0.381 e. The number of nitrogens with zero attached hydrogens (tertiary/aromatic N) is 1. The average molecular weight is 451 g/mol. The van der Waals surface area contributed by atoms with Gasteiger partial charge in [-0.05, 0) is 49.0 Å². The highest BCUT2D eigenvalue weighted by Gasteiger charge is 2.20. The highest BCUT2D eigenvalue weighted by molar-refractivity contribution is 14.0. The van der Waals surface area contributed by atoms with Crippen LogP contribution in [0.25, 0.3) is 0 Å². The summed E-state index contributed by atoms with van der Waals surface area (Å²) in [4.78, 5) is 5.72. The lowest BCUT2D eigenvalue weighted by Gasteiger charge is -2.15. The van der Waals surface area contributed by atoms with Crippen molar-refractivity contribution in [3.05, 3.63) is 22.4 Å². The number of nitrogens with one attached hydrogen (secondary N) is 2. The zero-order valence-corrected chi connectivity index (χ0v) is 17.4. The third kappa shape index (κ3) is 9.52. The molecule has 2 rings (SSSR count). The Morgan fingerprint density at radius 1 is 1.43 bits per heavy atom. The third-order valence-corrected chi connectivity index (χ3v) is 4.68. The Morgan fingerprint density at radius 2 is 2.26 bits per heavy atom. The molecule has 0 aromatic carbocycles. The van der Waals surface area contributed by atoms with Crippen LogP contribution in [0.1, 0.15) is 31.1 Å². The summed E-state index contributed by atoms with van der Waals surface area (Å²) in [5, 5.41) is 8.89. The molecular formula is C17H30IN3OS. The molecular weight excluding hydrogens is 421 g/mol. The van der Waals surface area contributed by atoms with E-state index in [0.717, 1.165) is 51.0 Å². The fraction of sp³-hybridized carbons (Fsp3) is 0.706. The average Bonchev–Trinajstić information content (AvgIpc) is 3.21. The van der Waals surface area contributed by atoms with Crippen molar-refractivity contribution in [1.82, 2.24) is 10.6 Å². The predicted molar refractivity (Wildman–Crippen MR) is 110 cm³/mol. The van der Waals surface area contributed by atoms with Crippen molar-refractivity contribution >= 4 is 41.3 Å². The van der Waals surface area contributed by atoms with Crippen LogP contribution in [-0.2, 0) is 11.2 Å². The van der Waals surface area contributed by atoms with Crippen LogP contribution in [0.4, 0.5) is 0 Å². The molecule has 23 heavy (non-hydrogen) atoms. The molecule has 0 amide bonds. The van der Waals surface area contributed by atoms with Crippen molar-refractivity contribution in [2.24, 2.45) is 16.8 Å². The van der Waals surface area contributed by atoms with Crippen molar-refractivity contribution in [2.75, 3.05) is 33.4 Å². The van der Waals surface area contributed by atoms with Crippen LogP contribution >= 0.6 is 35.3 Å². The van der Waals surface area contributed by atoms with Gasteiger partial charge in [0.15, 0.2) is 5.96 Å². The number of hydrogen-bond donors (Lipinski definition) is 2. The Labute approximate surface area is 161 Å². The van der Waals surface area contributed by atoms with Gasteiger partial charge in [-0.15, -0.1) is 35.3 Å². The summed E-state index contributed by atoms with van der Waals surface area (Å²) in [5.74, 6) is 2.34. The second kappa shape index (κ2) is 12.1. The van der Waals surface area contributed by atoms with Gasteiger partial charge in [-0.25, -0.2) is 0 Å². The molecule has 1 unspecified atom stereocenters. The molecule has 2 N–H and O–H groups in total. The zero-order valence-electron chi connectivity index (χ0n) is 14.2. The summed E-state index contributed by atoms with van der Waals surface area (Å²) in [5.41, 5.74) is 0. The van der Waals surface area contributed by atoms with Crippen LogP contribution in [0.3, 0.4) is 0 Å². The molecule has 1 aliphatic rings. The molecule has 1 fully saturated rings. The lowest BCUT2D eigenvalue weighted by atomic mass is 10.1. The van der Waals surface area contributed by atoms with Gasteiger partial charge in [-0.3, -0.25) is 4.99 Å². The molecule has 0 spiro atoms. The Hall–Kier alpha value is -0.340. The number of aliphatic imine (C=N–C) groups is 1. The van der Waals surface area contributed by atoms with Gasteiger partial charge in [0.2, 0.25) is 0 Å². The normalized spacial score (nSPS) is 15.8. The SMILES string of the molecule is CN=C(NCCCOCC1CC1)NCC(C)Cc1cccs1.I. The van der Waals surface area contributed by atoms with Gasteiger partial charge in [-0.2, -0.15) is 0 Å². The molecule has 1 aromatic rings. The summed E-state index contributed by atoms with van der Waals surface area (Å²) in [6.45, 7) is 5.91. The molecule has 0 saturated heterocycles. The maximum atomic E-state index is 5.63. The van der Waals surface area contributed by atoms with E-state index in [4.69, 9.17) is 4.74 Å². The molecule has 1 saturated carbocycles. The van der Waals surface area contributed by atoms with Crippen LogP contribution < -0.4 is 10.6 Å². The van der Waals surface area contributed by atoms with E-state index in [2.05, 4.69) is 40.1 Å². The van der Waals surface area contributed by atoms with Crippen molar-refractivity contribution in [2.45, 2.75) is 32.6 Å². The fourth-order valence-electron chi connectivity index (χ4n) is 2.25. The maximum Gasteiger partial charge on any atom is 0.190 e. The molecule has 1 atom stereocenters. The van der Waals surface area contributed by atoms with E-state index in [0.29, 0.717) is 5.92 Å². The zero-order chi connectivity index (χ0) is 15.6. The Balaban J connectivity index is 0.00000264. The van der Waals surface area contributed by atoms with E-state index in [-0.39, 0.29) is 24.0 Å². The monoisotopic (exact) mass is 451 g/mol. The van der Waals surface area contributed by atoms with Crippen molar-refractivity contribution < 1.29 is 4.74 Å². The number of ether oxygens (including phenoxy) is 1. The van der Waals surface area contributed by atoms with Crippen LogP contribution in [0.5, 0.6) is 0 Å². The molecule has 0 aliphatic heterocycles. The molecule has 132 valence electrons. The highest BCUT2D eigenvalue weighted by atomic mass is 127. The quantitative estimate of drug-likeness (QED) is 0.248. The number of thiophene rings is 1. The first-order valence-electron chi connectivity index (χ1n) is 8.32. The largest absolute Gasteiger partial charge is 0.381 e. The fourth-order valence-corrected chi connectivity index (χ4v) is 3.12.